The lowest BCUT2D eigenvalue weighted by Gasteiger charge is -2.41. The van der Waals surface area contributed by atoms with Gasteiger partial charge in [0.25, 0.3) is 0 Å². The third-order valence-corrected chi connectivity index (χ3v) is 4.29. The third kappa shape index (κ3) is 2.08. The number of nitrogens with two attached hydrogens (primary N) is 1. The minimum atomic E-state index is 0.0278. The normalized spacial score (nSPS) is 26.8. The molecule has 1 saturated heterocycles. The van der Waals surface area contributed by atoms with Gasteiger partial charge in [-0.3, -0.25) is 9.69 Å². The summed E-state index contributed by atoms with van der Waals surface area (Å²) in [4.78, 5) is 14.2. The summed E-state index contributed by atoms with van der Waals surface area (Å²) in [5, 5.41) is 3.78. The number of carbonyl (C=O) groups excluding carboxylic acids is 1. The number of benzene rings is 1. The molecular formula is C14H17N3OS. The molecular weight excluding hydrogens is 258 g/mol. The van der Waals surface area contributed by atoms with E-state index >= 15 is 0 Å². The van der Waals surface area contributed by atoms with Crippen LogP contribution in [0.3, 0.4) is 0 Å². The molecule has 1 aromatic carbocycles. The smallest absolute Gasteiger partial charge is 0.238 e. The topological polar surface area (TPSA) is 58.4 Å². The van der Waals surface area contributed by atoms with Gasteiger partial charge in [0.15, 0.2) is 5.11 Å². The van der Waals surface area contributed by atoms with Crippen molar-refractivity contribution < 1.29 is 4.79 Å². The maximum absolute atomic E-state index is 12.7. The van der Waals surface area contributed by atoms with E-state index in [2.05, 4.69) is 5.32 Å². The zero-order valence-electron chi connectivity index (χ0n) is 10.6. The molecule has 2 aliphatic rings. The predicted octanol–water partition coefficient (Wildman–Crippen LogP) is 2.05. The number of thiocarbonyl (C=S) groups is 1. The molecule has 1 aliphatic heterocycles. The standard InChI is InChI=1S/C14H17N3OS/c15-10-6-2-4-8-12(10)17-13(18)9-5-1-3-7-11(9)16-14(17)19/h2,4,6,8-9,11H,1,3,5,7,15H2,(H,16,19). The molecule has 3 rings (SSSR count). The number of nitrogen functional groups attached to an aromatic ring is 1. The number of amides is 1. The lowest BCUT2D eigenvalue weighted by molar-refractivity contribution is -0.123. The van der Waals surface area contributed by atoms with Crippen LogP contribution in [0.5, 0.6) is 0 Å². The summed E-state index contributed by atoms with van der Waals surface area (Å²) in [6.07, 6.45) is 4.23. The van der Waals surface area contributed by atoms with E-state index in [4.69, 9.17) is 18.0 Å². The largest absolute Gasteiger partial charge is 0.397 e. The number of hydrogen-bond acceptors (Lipinski definition) is 3. The molecule has 1 heterocycles. The van der Waals surface area contributed by atoms with E-state index in [1.807, 2.05) is 18.2 Å². The molecule has 4 nitrogen and oxygen atoms in total. The van der Waals surface area contributed by atoms with Gasteiger partial charge in [-0.05, 0) is 37.2 Å². The minimum Gasteiger partial charge on any atom is -0.397 e. The first kappa shape index (κ1) is 12.4. The van der Waals surface area contributed by atoms with Crippen LogP contribution in [-0.2, 0) is 4.79 Å². The van der Waals surface area contributed by atoms with Crippen LogP contribution in [-0.4, -0.2) is 17.1 Å². The van der Waals surface area contributed by atoms with Crippen LogP contribution in [0, 0.1) is 5.92 Å². The molecule has 19 heavy (non-hydrogen) atoms. The predicted molar refractivity (Wildman–Crippen MR) is 79.8 cm³/mol. The number of fused-ring (bicyclic) bond motifs is 1. The molecule has 1 aliphatic carbocycles. The van der Waals surface area contributed by atoms with Gasteiger partial charge in [-0.1, -0.05) is 25.0 Å². The van der Waals surface area contributed by atoms with Gasteiger partial charge in [0.2, 0.25) is 5.91 Å². The molecule has 1 saturated carbocycles. The summed E-state index contributed by atoms with van der Waals surface area (Å²) in [7, 11) is 0. The fourth-order valence-corrected chi connectivity index (χ4v) is 3.35. The Morgan fingerprint density at radius 3 is 2.79 bits per heavy atom. The molecule has 3 N–H and O–H groups in total. The summed E-state index contributed by atoms with van der Waals surface area (Å²) >= 11 is 5.35. The van der Waals surface area contributed by atoms with Gasteiger partial charge in [-0.25, -0.2) is 0 Å². The second kappa shape index (κ2) is 4.81. The van der Waals surface area contributed by atoms with Crippen molar-refractivity contribution in [2.75, 3.05) is 10.6 Å². The molecule has 2 atom stereocenters. The molecule has 0 bridgehead atoms. The maximum atomic E-state index is 12.7. The van der Waals surface area contributed by atoms with E-state index in [0.29, 0.717) is 16.5 Å². The van der Waals surface area contributed by atoms with Crippen LogP contribution in [0.4, 0.5) is 11.4 Å². The number of rotatable bonds is 1. The van der Waals surface area contributed by atoms with Crippen LogP contribution in [0.2, 0.25) is 0 Å². The quantitative estimate of drug-likeness (QED) is 0.608. The Kier molecular flexibility index (Phi) is 3.14. The van der Waals surface area contributed by atoms with Gasteiger partial charge in [0.1, 0.15) is 0 Å². The zero-order valence-corrected chi connectivity index (χ0v) is 11.5. The highest BCUT2D eigenvalue weighted by molar-refractivity contribution is 7.80. The first-order valence-corrected chi connectivity index (χ1v) is 7.08. The number of nitrogens with zero attached hydrogens (tertiary/aromatic N) is 1. The Labute approximate surface area is 118 Å². The van der Waals surface area contributed by atoms with E-state index in [-0.39, 0.29) is 17.9 Å². The first-order valence-electron chi connectivity index (χ1n) is 6.67. The Morgan fingerprint density at radius 1 is 1.26 bits per heavy atom. The van der Waals surface area contributed by atoms with Crippen molar-refractivity contribution in [1.82, 2.24) is 5.32 Å². The second-order valence-corrected chi connectivity index (χ2v) is 5.57. The van der Waals surface area contributed by atoms with Crippen LogP contribution < -0.4 is 16.0 Å². The van der Waals surface area contributed by atoms with Crippen molar-refractivity contribution >= 4 is 34.6 Å². The van der Waals surface area contributed by atoms with E-state index in [1.54, 1.807) is 11.0 Å². The summed E-state index contributed by atoms with van der Waals surface area (Å²) in [6.45, 7) is 0. The number of carbonyl (C=O) groups is 1. The van der Waals surface area contributed by atoms with Crippen molar-refractivity contribution in [3.05, 3.63) is 24.3 Å². The van der Waals surface area contributed by atoms with Gasteiger partial charge < -0.3 is 11.1 Å². The molecule has 0 aromatic heterocycles. The molecule has 2 fully saturated rings. The van der Waals surface area contributed by atoms with E-state index in [1.165, 1.54) is 0 Å². The highest BCUT2D eigenvalue weighted by Crippen LogP contribution is 2.33. The number of nitrogens with one attached hydrogen (secondary N) is 1. The molecule has 1 aromatic rings. The molecule has 100 valence electrons. The van der Waals surface area contributed by atoms with Gasteiger partial charge in [-0.15, -0.1) is 0 Å². The number of para-hydroxylation sites is 2. The molecule has 0 radical (unpaired) electrons. The fourth-order valence-electron chi connectivity index (χ4n) is 3.01. The van der Waals surface area contributed by atoms with E-state index < -0.39 is 0 Å². The molecule has 2 unspecified atom stereocenters. The third-order valence-electron chi connectivity index (χ3n) is 3.99. The minimum absolute atomic E-state index is 0.0278. The fraction of sp³-hybridized carbons (Fsp3) is 0.429. The number of hydrogen-bond donors (Lipinski definition) is 2. The van der Waals surface area contributed by atoms with Crippen molar-refractivity contribution in [3.8, 4) is 0 Å². The van der Waals surface area contributed by atoms with Crippen LogP contribution in [0.15, 0.2) is 24.3 Å². The highest BCUT2D eigenvalue weighted by Gasteiger charge is 2.41. The second-order valence-electron chi connectivity index (χ2n) is 5.18. The van der Waals surface area contributed by atoms with Gasteiger partial charge >= 0.3 is 0 Å². The van der Waals surface area contributed by atoms with Crippen molar-refractivity contribution in [1.29, 1.82) is 0 Å². The van der Waals surface area contributed by atoms with Crippen LogP contribution in [0.1, 0.15) is 25.7 Å². The average molecular weight is 275 g/mol. The van der Waals surface area contributed by atoms with Crippen molar-refractivity contribution in [2.45, 2.75) is 31.7 Å². The SMILES string of the molecule is Nc1ccccc1N1C(=O)C2CCCCC2NC1=S. The monoisotopic (exact) mass is 275 g/mol. The summed E-state index contributed by atoms with van der Waals surface area (Å²) < 4.78 is 0. The van der Waals surface area contributed by atoms with Gasteiger partial charge in [-0.2, -0.15) is 0 Å². The molecule has 1 amide bonds. The Bertz CT molecular complexity index is 531. The van der Waals surface area contributed by atoms with Gasteiger partial charge in [0.05, 0.1) is 17.3 Å². The van der Waals surface area contributed by atoms with Crippen LogP contribution in [0.25, 0.3) is 0 Å². The summed E-state index contributed by atoms with van der Waals surface area (Å²) in [6, 6.07) is 7.56. The highest BCUT2D eigenvalue weighted by atomic mass is 32.1. The van der Waals surface area contributed by atoms with Crippen molar-refractivity contribution in [2.24, 2.45) is 5.92 Å². The van der Waals surface area contributed by atoms with E-state index in [0.717, 1.165) is 25.7 Å². The lowest BCUT2D eigenvalue weighted by atomic mass is 9.82. The Morgan fingerprint density at radius 2 is 2.00 bits per heavy atom. The Hall–Kier alpha value is -1.62. The number of anilines is 2. The van der Waals surface area contributed by atoms with Crippen molar-refractivity contribution in [3.63, 3.8) is 0 Å². The molecule has 0 spiro atoms. The Balaban J connectivity index is 1.95. The summed E-state index contributed by atoms with van der Waals surface area (Å²) in [5.41, 5.74) is 7.23. The van der Waals surface area contributed by atoms with E-state index in [9.17, 15) is 4.79 Å². The lowest BCUT2D eigenvalue weighted by Crippen LogP contribution is -2.61. The molecule has 5 heteroatoms. The van der Waals surface area contributed by atoms with Crippen LogP contribution >= 0.6 is 12.2 Å². The summed E-state index contributed by atoms with van der Waals surface area (Å²) in [5.74, 6) is 0.117. The van der Waals surface area contributed by atoms with Gasteiger partial charge in [0, 0.05) is 6.04 Å². The average Bonchev–Trinajstić information content (AvgIpc) is 2.41. The zero-order chi connectivity index (χ0) is 13.4. The maximum Gasteiger partial charge on any atom is 0.238 e. The first-order chi connectivity index (χ1) is 9.18.